The molecular weight excluding hydrogens is 188 g/mol. The van der Waals surface area contributed by atoms with Gasteiger partial charge in [-0.15, -0.1) is 5.10 Å². The number of nitrogens with zero attached hydrogens (tertiary/aromatic N) is 2. The maximum absolute atomic E-state index is 9.82. The average molecular weight is 210 g/mol. The molecule has 3 nitrogen and oxygen atoms in total. The number of aryl methyl sites for hydroxylation is 1. The number of unbranched alkanes of at least 4 members (excludes halogenated alkanes) is 1. The zero-order valence-electron chi connectivity index (χ0n) is 10.5. The van der Waals surface area contributed by atoms with Crippen LogP contribution in [0.5, 0.6) is 5.88 Å². The molecule has 1 aromatic rings. The fraction of sp³-hybridized carbons (Fsp3) is 0.750. The highest BCUT2D eigenvalue weighted by atomic mass is 16.3. The first-order chi connectivity index (χ1) is 6.88. The fourth-order valence-corrected chi connectivity index (χ4v) is 1.94. The van der Waals surface area contributed by atoms with E-state index < -0.39 is 0 Å². The molecule has 0 amide bonds. The van der Waals surface area contributed by atoms with Gasteiger partial charge in [0.15, 0.2) is 0 Å². The lowest BCUT2D eigenvalue weighted by Gasteiger charge is -2.19. The molecule has 86 valence electrons. The number of hydrogen-bond acceptors (Lipinski definition) is 2. The minimum atomic E-state index is -0.0403. The second kappa shape index (κ2) is 4.25. The molecule has 15 heavy (non-hydrogen) atoms. The quantitative estimate of drug-likeness (QED) is 0.833. The SMILES string of the molecule is CCCCc1c(C(C)(C)C)c(O)nn1C. The van der Waals surface area contributed by atoms with E-state index in [1.165, 1.54) is 5.69 Å². The van der Waals surface area contributed by atoms with Gasteiger partial charge in [0.05, 0.1) is 0 Å². The Bertz CT molecular complexity index is 334. The monoisotopic (exact) mass is 210 g/mol. The number of rotatable bonds is 3. The molecule has 0 aliphatic carbocycles. The molecule has 0 aliphatic rings. The Morgan fingerprint density at radius 2 is 1.93 bits per heavy atom. The predicted octanol–water partition coefficient (Wildman–Crippen LogP) is 2.77. The van der Waals surface area contributed by atoms with Gasteiger partial charge in [0.2, 0.25) is 5.88 Å². The molecule has 0 saturated carbocycles. The van der Waals surface area contributed by atoms with Crippen LogP contribution in [0.3, 0.4) is 0 Å². The maximum atomic E-state index is 9.82. The Kier molecular flexibility index (Phi) is 3.42. The van der Waals surface area contributed by atoms with Crippen LogP contribution >= 0.6 is 0 Å². The standard InChI is InChI=1S/C12H22N2O/c1-6-7-8-9-10(12(2,3)4)11(15)13-14(9)5/h6-8H2,1-5H3,(H,13,15). The van der Waals surface area contributed by atoms with Crippen LogP contribution in [0.1, 0.15) is 51.8 Å². The molecule has 0 unspecified atom stereocenters. The minimum Gasteiger partial charge on any atom is -0.492 e. The van der Waals surface area contributed by atoms with Crippen molar-refractivity contribution >= 4 is 0 Å². The summed E-state index contributed by atoms with van der Waals surface area (Å²) in [6.45, 7) is 8.50. The van der Waals surface area contributed by atoms with E-state index in [0.717, 1.165) is 24.8 Å². The van der Waals surface area contributed by atoms with Gasteiger partial charge in [-0.1, -0.05) is 34.1 Å². The summed E-state index contributed by atoms with van der Waals surface area (Å²) in [4.78, 5) is 0. The topological polar surface area (TPSA) is 38.1 Å². The lowest BCUT2D eigenvalue weighted by atomic mass is 9.85. The van der Waals surface area contributed by atoms with Gasteiger partial charge in [0.25, 0.3) is 0 Å². The molecule has 1 heterocycles. The number of aromatic nitrogens is 2. The molecular formula is C12H22N2O. The van der Waals surface area contributed by atoms with Gasteiger partial charge in [0.1, 0.15) is 0 Å². The van der Waals surface area contributed by atoms with E-state index in [2.05, 4.69) is 32.8 Å². The Balaban J connectivity index is 3.12. The highest BCUT2D eigenvalue weighted by Crippen LogP contribution is 2.33. The van der Waals surface area contributed by atoms with Crippen molar-refractivity contribution in [2.75, 3.05) is 0 Å². The van der Waals surface area contributed by atoms with Gasteiger partial charge < -0.3 is 5.11 Å². The van der Waals surface area contributed by atoms with Crippen molar-refractivity contribution in [1.82, 2.24) is 9.78 Å². The van der Waals surface area contributed by atoms with Crippen LogP contribution < -0.4 is 0 Å². The second-order valence-electron chi connectivity index (χ2n) is 5.12. The van der Waals surface area contributed by atoms with Crippen molar-refractivity contribution in [1.29, 1.82) is 0 Å². The highest BCUT2D eigenvalue weighted by Gasteiger charge is 2.26. The second-order valence-corrected chi connectivity index (χ2v) is 5.12. The Morgan fingerprint density at radius 3 is 2.40 bits per heavy atom. The molecule has 0 atom stereocenters. The van der Waals surface area contributed by atoms with Gasteiger partial charge in [0, 0.05) is 18.3 Å². The van der Waals surface area contributed by atoms with E-state index in [0.29, 0.717) is 0 Å². The van der Waals surface area contributed by atoms with E-state index in [1.54, 1.807) is 0 Å². The first-order valence-electron chi connectivity index (χ1n) is 5.63. The van der Waals surface area contributed by atoms with Gasteiger partial charge in [-0.3, -0.25) is 4.68 Å². The Morgan fingerprint density at radius 1 is 1.33 bits per heavy atom. The summed E-state index contributed by atoms with van der Waals surface area (Å²) in [7, 11) is 1.90. The third-order valence-corrected chi connectivity index (χ3v) is 2.66. The summed E-state index contributed by atoms with van der Waals surface area (Å²) in [5, 5.41) is 13.9. The maximum Gasteiger partial charge on any atom is 0.234 e. The normalized spacial score (nSPS) is 12.1. The van der Waals surface area contributed by atoms with E-state index in [9.17, 15) is 5.11 Å². The molecule has 0 aliphatic heterocycles. The van der Waals surface area contributed by atoms with Gasteiger partial charge in [-0.2, -0.15) is 0 Å². The summed E-state index contributed by atoms with van der Waals surface area (Å²) in [5.41, 5.74) is 2.13. The van der Waals surface area contributed by atoms with Crippen LogP contribution in [-0.2, 0) is 18.9 Å². The van der Waals surface area contributed by atoms with Crippen molar-refractivity contribution in [2.24, 2.45) is 7.05 Å². The summed E-state index contributed by atoms with van der Waals surface area (Å²) >= 11 is 0. The smallest absolute Gasteiger partial charge is 0.234 e. The average Bonchev–Trinajstić information content (AvgIpc) is 2.36. The first kappa shape index (κ1) is 12.1. The van der Waals surface area contributed by atoms with Crippen LogP contribution in [-0.4, -0.2) is 14.9 Å². The summed E-state index contributed by atoms with van der Waals surface area (Å²) in [6, 6.07) is 0. The summed E-state index contributed by atoms with van der Waals surface area (Å²) in [5.74, 6) is 0.191. The Labute approximate surface area is 92.1 Å². The minimum absolute atomic E-state index is 0.0403. The van der Waals surface area contributed by atoms with Crippen LogP contribution in [0, 0.1) is 0 Å². The Hall–Kier alpha value is -0.990. The molecule has 0 saturated heterocycles. The molecule has 0 radical (unpaired) electrons. The molecule has 1 aromatic heterocycles. The van der Waals surface area contributed by atoms with E-state index in [1.807, 2.05) is 11.7 Å². The molecule has 0 spiro atoms. The number of hydrogen-bond donors (Lipinski definition) is 1. The first-order valence-corrected chi connectivity index (χ1v) is 5.63. The predicted molar refractivity (Wildman–Crippen MR) is 62.2 cm³/mol. The van der Waals surface area contributed by atoms with Crippen LogP contribution in [0.25, 0.3) is 0 Å². The fourth-order valence-electron chi connectivity index (χ4n) is 1.94. The summed E-state index contributed by atoms with van der Waals surface area (Å²) < 4.78 is 1.81. The molecule has 1 rings (SSSR count). The summed E-state index contributed by atoms with van der Waals surface area (Å²) in [6.07, 6.45) is 3.30. The van der Waals surface area contributed by atoms with Crippen molar-refractivity contribution in [3.8, 4) is 5.88 Å². The van der Waals surface area contributed by atoms with Crippen LogP contribution in [0.4, 0.5) is 0 Å². The highest BCUT2D eigenvalue weighted by molar-refractivity contribution is 5.36. The molecule has 0 bridgehead atoms. The zero-order chi connectivity index (χ0) is 11.6. The van der Waals surface area contributed by atoms with E-state index in [-0.39, 0.29) is 11.3 Å². The molecule has 0 aromatic carbocycles. The molecule has 3 heteroatoms. The molecule has 1 N–H and O–H groups in total. The lowest BCUT2D eigenvalue weighted by Crippen LogP contribution is -2.14. The number of aromatic hydroxyl groups is 1. The third-order valence-electron chi connectivity index (χ3n) is 2.66. The zero-order valence-corrected chi connectivity index (χ0v) is 10.5. The van der Waals surface area contributed by atoms with Crippen LogP contribution in [0.2, 0.25) is 0 Å². The van der Waals surface area contributed by atoms with Crippen molar-refractivity contribution in [2.45, 2.75) is 52.4 Å². The van der Waals surface area contributed by atoms with Crippen molar-refractivity contribution in [3.05, 3.63) is 11.3 Å². The van der Waals surface area contributed by atoms with Gasteiger partial charge in [-0.05, 0) is 18.3 Å². The third kappa shape index (κ3) is 2.52. The van der Waals surface area contributed by atoms with E-state index in [4.69, 9.17) is 0 Å². The van der Waals surface area contributed by atoms with Gasteiger partial charge >= 0.3 is 0 Å². The molecule has 0 fully saturated rings. The largest absolute Gasteiger partial charge is 0.492 e. The van der Waals surface area contributed by atoms with Gasteiger partial charge in [-0.25, -0.2) is 0 Å². The van der Waals surface area contributed by atoms with Crippen molar-refractivity contribution in [3.63, 3.8) is 0 Å². The van der Waals surface area contributed by atoms with Crippen molar-refractivity contribution < 1.29 is 5.11 Å². The van der Waals surface area contributed by atoms with Crippen LogP contribution in [0.15, 0.2) is 0 Å². The lowest BCUT2D eigenvalue weighted by molar-refractivity contribution is 0.424. The van der Waals surface area contributed by atoms with E-state index >= 15 is 0 Å².